The fraction of sp³-hybridized carbons (Fsp3) is 0.429. The minimum Gasteiger partial charge on any atom is -0.465 e. The number of hydrogen-bond donors (Lipinski definition) is 2. The number of halogens is 3. The molecule has 38 heavy (non-hydrogen) atoms. The number of alkyl halides is 3. The molecule has 0 spiro atoms. The number of rotatable bonds is 10. The maximum Gasteiger partial charge on any atom is 0.416 e. The molecule has 1 aliphatic rings. The van der Waals surface area contributed by atoms with E-state index in [1.165, 1.54) is 16.5 Å². The molecule has 1 aromatic heterocycles. The summed E-state index contributed by atoms with van der Waals surface area (Å²) in [6.45, 7) is 5.43. The van der Waals surface area contributed by atoms with Gasteiger partial charge in [0.2, 0.25) is 0 Å². The lowest BCUT2D eigenvalue weighted by Gasteiger charge is -2.35. The lowest BCUT2D eigenvalue weighted by molar-refractivity contribution is -0.137. The molecule has 0 bridgehead atoms. The maximum atomic E-state index is 13.0. The number of nitrogens with one attached hydrogen (secondary N) is 1. The zero-order chi connectivity index (χ0) is 27.1. The van der Waals surface area contributed by atoms with Gasteiger partial charge in [-0.1, -0.05) is 18.9 Å². The van der Waals surface area contributed by atoms with Crippen LogP contribution in [-0.2, 0) is 6.18 Å². The first-order valence-corrected chi connectivity index (χ1v) is 13.9. The van der Waals surface area contributed by atoms with Crippen LogP contribution in [0.4, 0.5) is 29.3 Å². The van der Waals surface area contributed by atoms with Gasteiger partial charge in [-0.15, -0.1) is 11.8 Å². The number of carbonyl (C=O) groups is 1. The zero-order valence-corrected chi connectivity index (χ0v) is 22.2. The summed E-state index contributed by atoms with van der Waals surface area (Å²) in [5, 5.41) is 13.4. The first-order valence-electron chi connectivity index (χ1n) is 12.9. The van der Waals surface area contributed by atoms with Crippen molar-refractivity contribution >= 4 is 40.1 Å². The quantitative estimate of drug-likeness (QED) is 0.208. The molecular weight excluding hydrogens is 513 g/mol. The van der Waals surface area contributed by atoms with Gasteiger partial charge < -0.3 is 20.2 Å². The van der Waals surface area contributed by atoms with Gasteiger partial charge in [0.05, 0.1) is 11.1 Å². The Hall–Kier alpha value is -3.14. The van der Waals surface area contributed by atoms with Crippen LogP contribution in [-0.4, -0.2) is 59.6 Å². The van der Waals surface area contributed by atoms with Gasteiger partial charge in [0.25, 0.3) is 0 Å². The van der Waals surface area contributed by atoms with Crippen molar-refractivity contribution in [2.45, 2.75) is 43.7 Å². The molecule has 10 heteroatoms. The highest BCUT2D eigenvalue weighted by atomic mass is 32.2. The minimum absolute atomic E-state index is 0.375. The number of aromatic nitrogens is 1. The fourth-order valence-electron chi connectivity index (χ4n) is 4.68. The number of hydrogen-bond acceptors (Lipinski definition) is 5. The van der Waals surface area contributed by atoms with Crippen LogP contribution in [0.25, 0.3) is 10.9 Å². The molecule has 0 unspecified atom stereocenters. The number of pyridine rings is 1. The summed E-state index contributed by atoms with van der Waals surface area (Å²) < 4.78 is 38.9. The lowest BCUT2D eigenvalue weighted by atomic mass is 10.1. The Bertz CT molecular complexity index is 1250. The van der Waals surface area contributed by atoms with E-state index in [1.54, 1.807) is 18.0 Å². The Balaban J connectivity index is 1.14. The molecule has 6 nitrogen and oxygen atoms in total. The number of carboxylic acid groups (broad SMARTS) is 1. The summed E-state index contributed by atoms with van der Waals surface area (Å²) in [5.74, 6) is 0.912. The van der Waals surface area contributed by atoms with Crippen LogP contribution < -0.4 is 10.2 Å². The second-order valence-corrected chi connectivity index (χ2v) is 10.6. The van der Waals surface area contributed by atoms with E-state index in [0.29, 0.717) is 31.7 Å². The van der Waals surface area contributed by atoms with Crippen LogP contribution in [0.15, 0.2) is 53.6 Å². The van der Waals surface area contributed by atoms with Crippen molar-refractivity contribution < 1.29 is 23.1 Å². The van der Waals surface area contributed by atoms with E-state index in [1.807, 2.05) is 6.07 Å². The summed E-state index contributed by atoms with van der Waals surface area (Å²) >= 11 is 1.67. The lowest BCUT2D eigenvalue weighted by Crippen LogP contribution is -2.48. The molecule has 4 rings (SSSR count). The number of nitrogens with zero attached hydrogens (tertiary/aromatic N) is 3. The number of fused-ring (bicyclic) bond motifs is 1. The highest BCUT2D eigenvalue weighted by Gasteiger charge is 2.30. The number of amides is 1. The van der Waals surface area contributed by atoms with Crippen molar-refractivity contribution in [3.63, 3.8) is 0 Å². The van der Waals surface area contributed by atoms with Gasteiger partial charge in [0.1, 0.15) is 0 Å². The zero-order valence-electron chi connectivity index (χ0n) is 21.4. The molecule has 0 saturated carbocycles. The van der Waals surface area contributed by atoms with Crippen molar-refractivity contribution in [1.29, 1.82) is 0 Å². The number of piperazine rings is 1. The average molecular weight is 547 g/mol. The van der Waals surface area contributed by atoms with E-state index in [9.17, 15) is 18.0 Å². The van der Waals surface area contributed by atoms with Gasteiger partial charge in [-0.3, -0.25) is 4.98 Å². The number of benzene rings is 2. The van der Waals surface area contributed by atoms with Gasteiger partial charge >= 0.3 is 12.3 Å². The van der Waals surface area contributed by atoms with Crippen molar-refractivity contribution in [3.8, 4) is 0 Å². The van der Waals surface area contributed by atoms with E-state index < -0.39 is 17.8 Å². The molecule has 1 fully saturated rings. The Morgan fingerprint density at radius 2 is 1.79 bits per heavy atom. The summed E-state index contributed by atoms with van der Waals surface area (Å²) in [7, 11) is 0. The SMILES string of the molecule is Cc1cc(NCCCCCCSc2ccnc3cc(C(F)(F)F)ccc23)ccc1N1CCN(C(=O)O)CC1. The Morgan fingerprint density at radius 3 is 2.50 bits per heavy atom. The summed E-state index contributed by atoms with van der Waals surface area (Å²) in [6, 6.07) is 12.0. The van der Waals surface area contributed by atoms with Gasteiger partial charge in [0.15, 0.2) is 0 Å². The van der Waals surface area contributed by atoms with Gasteiger partial charge in [-0.2, -0.15) is 13.2 Å². The van der Waals surface area contributed by atoms with Gasteiger partial charge in [0, 0.05) is 60.6 Å². The average Bonchev–Trinajstić information content (AvgIpc) is 2.89. The molecule has 2 N–H and O–H groups in total. The van der Waals surface area contributed by atoms with Crippen molar-refractivity contribution in [2.24, 2.45) is 0 Å². The monoisotopic (exact) mass is 546 g/mol. The molecule has 1 amide bonds. The predicted octanol–water partition coefficient (Wildman–Crippen LogP) is 7.13. The minimum atomic E-state index is -4.36. The molecule has 0 atom stereocenters. The number of anilines is 2. The van der Waals surface area contributed by atoms with Gasteiger partial charge in [-0.25, -0.2) is 4.79 Å². The van der Waals surface area contributed by atoms with E-state index in [-0.39, 0.29) is 0 Å². The van der Waals surface area contributed by atoms with Crippen molar-refractivity contribution in [3.05, 3.63) is 59.8 Å². The number of unbranched alkanes of at least 4 members (excludes halogenated alkanes) is 3. The molecule has 0 radical (unpaired) electrons. The fourth-order valence-corrected chi connectivity index (χ4v) is 5.73. The van der Waals surface area contributed by atoms with E-state index >= 15 is 0 Å². The predicted molar refractivity (Wildman–Crippen MR) is 147 cm³/mol. The molecule has 2 aromatic carbocycles. The molecule has 2 heterocycles. The summed E-state index contributed by atoms with van der Waals surface area (Å²) in [6.07, 6.45) is 0.647. The third kappa shape index (κ3) is 7.24. The standard InChI is InChI=1S/C28H33F3N4O2S/c1-20-18-22(7-9-25(20)34-13-15-35(16-14-34)27(36)37)32-11-4-2-3-5-17-38-26-10-12-33-24-19-21(28(29,30)31)6-8-23(24)26/h6-10,12,18-19,32H,2-5,11,13-17H2,1H3,(H,36,37). The van der Waals surface area contributed by atoms with Crippen molar-refractivity contribution in [2.75, 3.05) is 48.7 Å². The smallest absolute Gasteiger partial charge is 0.416 e. The molecule has 1 aliphatic heterocycles. The van der Waals surface area contributed by atoms with E-state index in [0.717, 1.165) is 71.8 Å². The third-order valence-electron chi connectivity index (χ3n) is 6.78. The van der Waals surface area contributed by atoms with Crippen LogP contribution in [0.3, 0.4) is 0 Å². The Morgan fingerprint density at radius 1 is 1.03 bits per heavy atom. The first-order chi connectivity index (χ1) is 18.2. The summed E-state index contributed by atoms with van der Waals surface area (Å²) in [5.41, 5.74) is 3.12. The third-order valence-corrected chi connectivity index (χ3v) is 7.94. The van der Waals surface area contributed by atoms with Crippen LogP contribution in [0.1, 0.15) is 36.8 Å². The molecule has 204 valence electrons. The Kier molecular flexibility index (Phi) is 9.25. The van der Waals surface area contributed by atoms with E-state index in [2.05, 4.69) is 40.3 Å². The van der Waals surface area contributed by atoms with Crippen LogP contribution in [0.5, 0.6) is 0 Å². The molecule has 0 aliphatic carbocycles. The summed E-state index contributed by atoms with van der Waals surface area (Å²) in [4.78, 5) is 19.9. The number of thioether (sulfide) groups is 1. The van der Waals surface area contributed by atoms with Crippen LogP contribution >= 0.6 is 11.8 Å². The van der Waals surface area contributed by atoms with Gasteiger partial charge in [-0.05, 0) is 67.5 Å². The second kappa shape index (κ2) is 12.6. The van der Waals surface area contributed by atoms with E-state index in [4.69, 9.17) is 5.11 Å². The second-order valence-electron chi connectivity index (χ2n) is 9.49. The normalized spacial score (nSPS) is 14.2. The highest BCUT2D eigenvalue weighted by molar-refractivity contribution is 7.99. The highest BCUT2D eigenvalue weighted by Crippen LogP contribution is 2.34. The largest absolute Gasteiger partial charge is 0.465 e. The van der Waals surface area contributed by atoms with Crippen LogP contribution in [0.2, 0.25) is 0 Å². The molecule has 1 saturated heterocycles. The first kappa shape index (κ1) is 27.9. The molecular formula is C28H33F3N4O2S. The van der Waals surface area contributed by atoms with Crippen molar-refractivity contribution in [1.82, 2.24) is 9.88 Å². The molecule has 3 aromatic rings. The number of aryl methyl sites for hydroxylation is 1. The topological polar surface area (TPSA) is 68.7 Å². The Labute approximate surface area is 225 Å². The maximum absolute atomic E-state index is 13.0. The van der Waals surface area contributed by atoms with Crippen LogP contribution in [0, 0.1) is 6.92 Å².